The first kappa shape index (κ1) is 21.0. The second kappa shape index (κ2) is 9.69. The minimum absolute atomic E-state index is 0.582. The molecule has 0 aromatic heterocycles. The predicted molar refractivity (Wildman–Crippen MR) is 127 cm³/mol. The highest BCUT2D eigenvalue weighted by Crippen LogP contribution is 2.35. The van der Waals surface area contributed by atoms with Gasteiger partial charge in [0.1, 0.15) is 0 Å². The molecule has 1 heteroatoms. The minimum Gasteiger partial charge on any atom is -0.253 e. The molecular formula is C28H33N. The molecule has 0 atom stereocenters. The highest BCUT2D eigenvalue weighted by atomic mass is 14.8. The fourth-order valence-electron chi connectivity index (χ4n) is 3.80. The minimum atomic E-state index is 0.582. The van der Waals surface area contributed by atoms with Crippen molar-refractivity contribution in [3.8, 4) is 11.1 Å². The Labute approximate surface area is 176 Å². The molecule has 3 rings (SSSR count). The average molecular weight is 384 g/mol. The van der Waals surface area contributed by atoms with Crippen molar-refractivity contribution in [2.24, 2.45) is 16.8 Å². The molecule has 1 nitrogen and oxygen atoms in total. The van der Waals surface area contributed by atoms with Crippen LogP contribution in [-0.4, -0.2) is 5.71 Å². The number of rotatable bonds is 7. The lowest BCUT2D eigenvalue weighted by Crippen LogP contribution is -2.03. The molecule has 0 aliphatic carbocycles. The van der Waals surface area contributed by atoms with Crippen LogP contribution in [0.2, 0.25) is 0 Å². The van der Waals surface area contributed by atoms with Crippen molar-refractivity contribution in [1.29, 1.82) is 0 Å². The molecule has 0 amide bonds. The van der Waals surface area contributed by atoms with Gasteiger partial charge in [0.05, 0.1) is 5.69 Å². The zero-order chi connectivity index (χ0) is 20.8. The number of nitrogens with zero attached hydrogens (tertiary/aromatic N) is 1. The molecule has 0 spiro atoms. The largest absolute Gasteiger partial charge is 0.253 e. The maximum absolute atomic E-state index is 5.19. The van der Waals surface area contributed by atoms with Crippen LogP contribution in [-0.2, 0) is 12.8 Å². The summed E-state index contributed by atoms with van der Waals surface area (Å²) in [5.74, 6) is 1.16. The SMILES string of the molecule is CC(=Nc1c(CC(C)C)cc(-c2ccccc2)cc1CC(C)C)c1ccccc1. The number of hydrogen-bond acceptors (Lipinski definition) is 1. The Balaban J connectivity index is 2.18. The van der Waals surface area contributed by atoms with Crippen LogP contribution in [0.15, 0.2) is 77.8 Å². The average Bonchev–Trinajstić information content (AvgIpc) is 2.70. The van der Waals surface area contributed by atoms with E-state index >= 15 is 0 Å². The van der Waals surface area contributed by atoms with Crippen molar-refractivity contribution in [2.45, 2.75) is 47.5 Å². The van der Waals surface area contributed by atoms with Gasteiger partial charge in [-0.05, 0) is 71.6 Å². The van der Waals surface area contributed by atoms with E-state index in [2.05, 4.69) is 107 Å². The normalized spacial score (nSPS) is 12.0. The van der Waals surface area contributed by atoms with Gasteiger partial charge < -0.3 is 0 Å². The third kappa shape index (κ3) is 5.67. The van der Waals surface area contributed by atoms with E-state index in [0.717, 1.165) is 18.6 Å². The quantitative estimate of drug-likeness (QED) is 0.368. The molecule has 0 bridgehead atoms. The van der Waals surface area contributed by atoms with E-state index in [1.165, 1.54) is 33.5 Å². The van der Waals surface area contributed by atoms with Gasteiger partial charge in [-0.1, -0.05) is 88.4 Å². The van der Waals surface area contributed by atoms with E-state index in [9.17, 15) is 0 Å². The van der Waals surface area contributed by atoms with Gasteiger partial charge in [0.25, 0.3) is 0 Å². The molecule has 0 saturated heterocycles. The monoisotopic (exact) mass is 383 g/mol. The van der Waals surface area contributed by atoms with E-state index in [1.54, 1.807) is 0 Å². The molecule has 29 heavy (non-hydrogen) atoms. The molecule has 0 aliphatic rings. The highest BCUT2D eigenvalue weighted by molar-refractivity contribution is 6.00. The van der Waals surface area contributed by atoms with E-state index in [-0.39, 0.29) is 0 Å². The summed E-state index contributed by atoms with van der Waals surface area (Å²) in [5.41, 5.74) is 8.72. The van der Waals surface area contributed by atoms with Gasteiger partial charge in [-0.2, -0.15) is 0 Å². The topological polar surface area (TPSA) is 12.4 Å². The van der Waals surface area contributed by atoms with Crippen LogP contribution < -0.4 is 0 Å². The van der Waals surface area contributed by atoms with Crippen LogP contribution in [0.1, 0.15) is 51.3 Å². The van der Waals surface area contributed by atoms with Crippen LogP contribution in [0.3, 0.4) is 0 Å². The Kier molecular flexibility index (Phi) is 7.04. The second-order valence-corrected chi connectivity index (χ2v) is 8.77. The Bertz CT molecular complexity index is 919. The Morgan fingerprint density at radius 3 is 1.66 bits per heavy atom. The van der Waals surface area contributed by atoms with Crippen LogP contribution in [0.4, 0.5) is 5.69 Å². The number of hydrogen-bond donors (Lipinski definition) is 0. The first-order valence-corrected chi connectivity index (χ1v) is 10.8. The third-order valence-corrected chi connectivity index (χ3v) is 5.10. The molecule has 0 aliphatic heterocycles. The summed E-state index contributed by atoms with van der Waals surface area (Å²) in [6, 6.07) is 25.9. The summed E-state index contributed by atoms with van der Waals surface area (Å²) >= 11 is 0. The van der Waals surface area contributed by atoms with Gasteiger partial charge in [-0.25, -0.2) is 0 Å². The zero-order valence-corrected chi connectivity index (χ0v) is 18.4. The molecule has 0 N–H and O–H groups in total. The maximum atomic E-state index is 5.19. The molecule has 0 unspecified atom stereocenters. The van der Waals surface area contributed by atoms with E-state index in [4.69, 9.17) is 4.99 Å². The van der Waals surface area contributed by atoms with Gasteiger partial charge in [0, 0.05) is 5.71 Å². The zero-order valence-electron chi connectivity index (χ0n) is 18.4. The molecule has 3 aromatic rings. The molecule has 0 radical (unpaired) electrons. The first-order valence-electron chi connectivity index (χ1n) is 10.8. The molecule has 0 saturated carbocycles. The molecule has 150 valence electrons. The fraction of sp³-hybridized carbons (Fsp3) is 0.321. The lowest BCUT2D eigenvalue weighted by atomic mass is 9.90. The molecule has 0 fully saturated rings. The van der Waals surface area contributed by atoms with Gasteiger partial charge in [0.2, 0.25) is 0 Å². The summed E-state index contributed by atoms with van der Waals surface area (Å²) in [6.45, 7) is 11.3. The van der Waals surface area contributed by atoms with E-state index in [0.29, 0.717) is 11.8 Å². The van der Waals surface area contributed by atoms with Gasteiger partial charge in [0.15, 0.2) is 0 Å². The van der Waals surface area contributed by atoms with E-state index in [1.807, 2.05) is 0 Å². The summed E-state index contributed by atoms with van der Waals surface area (Å²) in [5, 5.41) is 0. The molecular weight excluding hydrogens is 350 g/mol. The van der Waals surface area contributed by atoms with Crippen molar-refractivity contribution < 1.29 is 0 Å². The summed E-state index contributed by atoms with van der Waals surface area (Å²) < 4.78 is 0. The summed E-state index contributed by atoms with van der Waals surface area (Å²) in [4.78, 5) is 5.19. The Morgan fingerprint density at radius 1 is 0.690 bits per heavy atom. The predicted octanol–water partition coefficient (Wildman–Crippen LogP) is 7.89. The third-order valence-electron chi connectivity index (χ3n) is 5.10. The van der Waals surface area contributed by atoms with Gasteiger partial charge >= 0.3 is 0 Å². The Morgan fingerprint density at radius 2 is 1.17 bits per heavy atom. The van der Waals surface area contributed by atoms with Crippen molar-refractivity contribution in [1.82, 2.24) is 0 Å². The highest BCUT2D eigenvalue weighted by Gasteiger charge is 2.15. The van der Waals surface area contributed by atoms with Crippen LogP contribution in [0.5, 0.6) is 0 Å². The first-order chi connectivity index (χ1) is 13.9. The maximum Gasteiger partial charge on any atom is 0.0697 e. The summed E-state index contributed by atoms with van der Waals surface area (Å²) in [6.07, 6.45) is 2.07. The Hall–Kier alpha value is -2.67. The molecule has 0 heterocycles. The van der Waals surface area contributed by atoms with Gasteiger partial charge in [-0.3, -0.25) is 4.99 Å². The lowest BCUT2D eigenvalue weighted by molar-refractivity contribution is 0.637. The van der Waals surface area contributed by atoms with Crippen LogP contribution in [0, 0.1) is 11.8 Å². The van der Waals surface area contributed by atoms with Crippen LogP contribution in [0.25, 0.3) is 11.1 Å². The van der Waals surface area contributed by atoms with Gasteiger partial charge in [-0.15, -0.1) is 0 Å². The number of aliphatic imine (C=N–C) groups is 1. The van der Waals surface area contributed by atoms with Crippen molar-refractivity contribution in [2.75, 3.05) is 0 Å². The van der Waals surface area contributed by atoms with E-state index < -0.39 is 0 Å². The molecule has 3 aromatic carbocycles. The van der Waals surface area contributed by atoms with Crippen LogP contribution >= 0.6 is 0 Å². The second-order valence-electron chi connectivity index (χ2n) is 8.77. The summed E-state index contributed by atoms with van der Waals surface area (Å²) in [7, 11) is 0. The standard InChI is InChI=1S/C28H33N/c1-20(2)16-26-18-25(24-14-10-7-11-15-24)19-27(17-21(3)4)28(26)29-22(5)23-12-8-6-9-13-23/h6-15,18-21H,16-17H2,1-5H3. The van der Waals surface area contributed by atoms with Crippen molar-refractivity contribution in [3.05, 3.63) is 89.5 Å². The lowest BCUT2D eigenvalue weighted by Gasteiger charge is -2.18. The smallest absolute Gasteiger partial charge is 0.0697 e. The van der Waals surface area contributed by atoms with Crippen molar-refractivity contribution in [3.63, 3.8) is 0 Å². The van der Waals surface area contributed by atoms with Crippen molar-refractivity contribution >= 4 is 11.4 Å². The number of benzene rings is 3. The fourth-order valence-corrected chi connectivity index (χ4v) is 3.80.